The van der Waals surface area contributed by atoms with Crippen molar-refractivity contribution >= 4 is 35.0 Å². The predicted octanol–water partition coefficient (Wildman–Crippen LogP) is 4.63. The highest BCUT2D eigenvalue weighted by Gasteiger charge is 2.23. The molecule has 0 N–H and O–H groups in total. The largest absolute Gasteiger partial charge is 0.454 e. The van der Waals surface area contributed by atoms with Crippen LogP contribution in [-0.4, -0.2) is 35.6 Å². The van der Waals surface area contributed by atoms with Gasteiger partial charge in [-0.3, -0.25) is 4.79 Å². The Kier molecular flexibility index (Phi) is 6.25. The fraction of sp³-hybridized carbons (Fsp3) is 0.400. The molecule has 0 aliphatic carbocycles. The zero-order valence-corrected chi connectivity index (χ0v) is 16.8. The van der Waals surface area contributed by atoms with Crippen molar-refractivity contribution in [3.63, 3.8) is 0 Å². The molecule has 2 heterocycles. The molecule has 1 aromatic carbocycles. The normalized spacial score (nSPS) is 16.5. The summed E-state index contributed by atoms with van der Waals surface area (Å²) in [5.74, 6) is -0.981. The molecule has 5 nitrogen and oxygen atoms in total. The molecule has 7 heteroatoms. The molecule has 3 rings (SSSR count). The van der Waals surface area contributed by atoms with Crippen molar-refractivity contribution in [2.45, 2.75) is 39.3 Å². The lowest BCUT2D eigenvalue weighted by molar-refractivity contribution is 0.0475. The van der Waals surface area contributed by atoms with E-state index in [-0.39, 0.29) is 34.1 Å². The van der Waals surface area contributed by atoms with Crippen LogP contribution in [0.25, 0.3) is 0 Å². The van der Waals surface area contributed by atoms with Crippen LogP contribution in [0.1, 0.15) is 44.9 Å². The molecular weight excluding hydrogens is 389 g/mol. The van der Waals surface area contributed by atoms with E-state index in [4.69, 9.17) is 32.7 Å². The second-order valence-corrected chi connectivity index (χ2v) is 7.44. The highest BCUT2D eigenvalue weighted by molar-refractivity contribution is 6.39. The van der Waals surface area contributed by atoms with Crippen molar-refractivity contribution in [3.05, 3.63) is 56.8 Å². The van der Waals surface area contributed by atoms with Gasteiger partial charge in [-0.2, -0.15) is 0 Å². The number of ether oxygens (including phenoxy) is 2. The van der Waals surface area contributed by atoms with E-state index in [1.807, 2.05) is 19.9 Å². The summed E-state index contributed by atoms with van der Waals surface area (Å²) in [4.78, 5) is 24.8. The van der Waals surface area contributed by atoms with Gasteiger partial charge in [0.15, 0.2) is 6.61 Å². The first-order valence-corrected chi connectivity index (χ1v) is 9.56. The van der Waals surface area contributed by atoms with Gasteiger partial charge in [-0.25, -0.2) is 4.79 Å². The lowest BCUT2D eigenvalue weighted by Crippen LogP contribution is -2.18. The van der Waals surface area contributed by atoms with Gasteiger partial charge >= 0.3 is 5.97 Å². The SMILES string of the molecule is Cc1cc(C(=O)COC(=O)c2c(Cl)cccc2Cl)c(C)n1C[C@H]1CCCO1. The number of rotatable bonds is 6. The number of halogens is 2. The average Bonchev–Trinajstić information content (AvgIpc) is 3.23. The summed E-state index contributed by atoms with van der Waals surface area (Å²) in [5, 5.41) is 0.379. The van der Waals surface area contributed by atoms with Crippen molar-refractivity contribution in [2.24, 2.45) is 0 Å². The van der Waals surface area contributed by atoms with Crippen molar-refractivity contribution in [2.75, 3.05) is 13.2 Å². The Labute approximate surface area is 168 Å². The van der Waals surface area contributed by atoms with Gasteiger partial charge in [-0.1, -0.05) is 29.3 Å². The monoisotopic (exact) mass is 409 g/mol. The molecule has 0 unspecified atom stereocenters. The maximum atomic E-state index is 12.6. The lowest BCUT2D eigenvalue weighted by Gasteiger charge is -2.14. The first-order valence-electron chi connectivity index (χ1n) is 8.81. The molecule has 1 fully saturated rings. The van der Waals surface area contributed by atoms with Crippen LogP contribution in [0.3, 0.4) is 0 Å². The molecule has 1 saturated heterocycles. The average molecular weight is 410 g/mol. The Bertz CT molecular complexity index is 849. The third kappa shape index (κ3) is 4.37. The Hall–Kier alpha value is -1.82. The zero-order chi connectivity index (χ0) is 19.6. The van der Waals surface area contributed by atoms with Crippen LogP contribution in [0.5, 0.6) is 0 Å². The van der Waals surface area contributed by atoms with Crippen LogP contribution >= 0.6 is 23.2 Å². The highest BCUT2D eigenvalue weighted by Crippen LogP contribution is 2.25. The van der Waals surface area contributed by atoms with E-state index in [1.54, 1.807) is 18.2 Å². The van der Waals surface area contributed by atoms with Gasteiger partial charge in [0.1, 0.15) is 0 Å². The topological polar surface area (TPSA) is 57.5 Å². The molecule has 1 aromatic heterocycles. The smallest absolute Gasteiger partial charge is 0.341 e. The van der Waals surface area contributed by atoms with Crippen LogP contribution in [0.4, 0.5) is 0 Å². The number of carbonyl (C=O) groups excluding carboxylic acids is 2. The van der Waals surface area contributed by atoms with Gasteiger partial charge in [0.25, 0.3) is 0 Å². The maximum absolute atomic E-state index is 12.6. The third-order valence-corrected chi connectivity index (χ3v) is 5.42. The van der Waals surface area contributed by atoms with E-state index >= 15 is 0 Å². The van der Waals surface area contributed by atoms with Gasteiger partial charge in [-0.05, 0) is 44.9 Å². The van der Waals surface area contributed by atoms with E-state index in [9.17, 15) is 9.59 Å². The van der Waals surface area contributed by atoms with Gasteiger partial charge in [-0.15, -0.1) is 0 Å². The molecule has 1 aliphatic heterocycles. The second-order valence-electron chi connectivity index (χ2n) is 6.63. The van der Waals surface area contributed by atoms with Gasteiger partial charge in [0, 0.05) is 30.1 Å². The van der Waals surface area contributed by atoms with Crippen molar-refractivity contribution in [1.82, 2.24) is 4.57 Å². The molecule has 144 valence electrons. The van der Waals surface area contributed by atoms with Crippen LogP contribution in [0.15, 0.2) is 24.3 Å². The van der Waals surface area contributed by atoms with E-state index in [0.29, 0.717) is 5.56 Å². The summed E-state index contributed by atoms with van der Waals surface area (Å²) in [6.45, 7) is 4.98. The minimum atomic E-state index is -0.716. The van der Waals surface area contributed by atoms with Crippen molar-refractivity contribution in [1.29, 1.82) is 0 Å². The van der Waals surface area contributed by atoms with Crippen molar-refractivity contribution in [3.8, 4) is 0 Å². The number of benzene rings is 1. The van der Waals surface area contributed by atoms with Gasteiger partial charge < -0.3 is 14.0 Å². The van der Waals surface area contributed by atoms with E-state index in [2.05, 4.69) is 4.57 Å². The first kappa shape index (κ1) is 19.9. The number of hydrogen-bond acceptors (Lipinski definition) is 4. The van der Waals surface area contributed by atoms with Crippen LogP contribution in [0.2, 0.25) is 10.0 Å². The number of aromatic nitrogens is 1. The standard InChI is InChI=1S/C20H21Cl2NO4/c1-12-9-15(13(2)23(12)10-14-5-4-8-26-14)18(24)11-27-20(25)19-16(21)6-3-7-17(19)22/h3,6-7,9,14H,4-5,8,10-11H2,1-2H3/t14-/m1/s1. The number of hydrogen-bond donors (Lipinski definition) is 0. The second kappa shape index (κ2) is 8.46. The zero-order valence-electron chi connectivity index (χ0n) is 15.3. The predicted molar refractivity (Wildman–Crippen MR) is 104 cm³/mol. The summed E-state index contributed by atoms with van der Waals surface area (Å²) in [5.41, 5.74) is 2.44. The molecule has 0 bridgehead atoms. The lowest BCUT2D eigenvalue weighted by atomic mass is 10.1. The number of esters is 1. The number of Topliss-reactive ketones (excluding diaryl/α,β-unsaturated/α-hetero) is 1. The molecule has 1 aliphatic rings. The maximum Gasteiger partial charge on any atom is 0.341 e. The number of nitrogens with zero attached hydrogens (tertiary/aromatic N) is 1. The number of ketones is 1. The fourth-order valence-electron chi connectivity index (χ4n) is 3.33. The van der Waals surface area contributed by atoms with E-state index < -0.39 is 5.97 Å². The molecule has 0 saturated carbocycles. The first-order chi connectivity index (χ1) is 12.9. The third-order valence-electron chi connectivity index (χ3n) is 4.79. The Morgan fingerprint density at radius 2 is 1.96 bits per heavy atom. The van der Waals surface area contributed by atoms with E-state index in [0.717, 1.165) is 37.4 Å². The number of aryl methyl sites for hydroxylation is 1. The summed E-state index contributed by atoms with van der Waals surface area (Å²) in [6.07, 6.45) is 2.27. The molecule has 1 atom stereocenters. The molecule has 2 aromatic rings. The summed E-state index contributed by atoms with van der Waals surface area (Å²) in [7, 11) is 0. The molecule has 0 radical (unpaired) electrons. The van der Waals surface area contributed by atoms with Crippen LogP contribution < -0.4 is 0 Å². The Morgan fingerprint density at radius 3 is 2.59 bits per heavy atom. The molecular formula is C20H21Cl2NO4. The molecule has 0 spiro atoms. The fourth-order valence-corrected chi connectivity index (χ4v) is 3.88. The summed E-state index contributed by atoms with van der Waals surface area (Å²) in [6, 6.07) is 6.55. The highest BCUT2D eigenvalue weighted by atomic mass is 35.5. The molecule has 0 amide bonds. The van der Waals surface area contributed by atoms with Crippen LogP contribution in [0, 0.1) is 13.8 Å². The Morgan fingerprint density at radius 1 is 1.26 bits per heavy atom. The number of carbonyl (C=O) groups is 2. The minimum Gasteiger partial charge on any atom is -0.454 e. The van der Waals surface area contributed by atoms with Crippen LogP contribution in [-0.2, 0) is 16.0 Å². The van der Waals surface area contributed by atoms with Gasteiger partial charge in [0.2, 0.25) is 5.78 Å². The Balaban J connectivity index is 1.68. The van der Waals surface area contributed by atoms with Crippen molar-refractivity contribution < 1.29 is 19.1 Å². The summed E-state index contributed by atoms with van der Waals surface area (Å²) >= 11 is 12.0. The minimum absolute atomic E-state index is 0.0671. The van der Waals surface area contributed by atoms with Gasteiger partial charge in [0.05, 0.1) is 21.7 Å². The quantitative estimate of drug-likeness (QED) is 0.515. The molecule has 27 heavy (non-hydrogen) atoms. The summed E-state index contributed by atoms with van der Waals surface area (Å²) < 4.78 is 12.9. The van der Waals surface area contributed by atoms with E-state index in [1.165, 1.54) is 0 Å².